The molecule has 1 N–H and O–H groups in total. The van der Waals surface area contributed by atoms with E-state index in [1.165, 1.54) is 0 Å². The lowest BCUT2D eigenvalue weighted by Gasteiger charge is -2.06. The van der Waals surface area contributed by atoms with Crippen LogP contribution in [0.4, 0.5) is 13.2 Å². The first-order valence-corrected chi connectivity index (χ1v) is 6.40. The zero-order valence-electron chi connectivity index (χ0n) is 10.4. The maximum absolute atomic E-state index is 12.1. The number of unbranched alkanes of at least 4 members (excludes halogenated alkanes) is 1. The molecule has 0 fully saturated rings. The van der Waals surface area contributed by atoms with E-state index in [0.29, 0.717) is 23.4 Å². The van der Waals surface area contributed by atoms with E-state index in [-0.39, 0.29) is 6.42 Å². The SMILES string of the molecule is Cc1ccnc2c1[nH]c(=S)n2CCCCC(F)(F)F. The molecule has 2 aromatic heterocycles. The summed E-state index contributed by atoms with van der Waals surface area (Å²) in [6, 6.07) is 1.86. The van der Waals surface area contributed by atoms with Crippen LogP contribution in [-0.2, 0) is 6.54 Å². The van der Waals surface area contributed by atoms with Crippen LogP contribution in [0.2, 0.25) is 0 Å². The molecule has 3 nitrogen and oxygen atoms in total. The van der Waals surface area contributed by atoms with Crippen LogP contribution in [0.25, 0.3) is 11.2 Å². The number of aromatic nitrogens is 3. The highest BCUT2D eigenvalue weighted by molar-refractivity contribution is 7.71. The van der Waals surface area contributed by atoms with E-state index in [9.17, 15) is 13.2 Å². The quantitative estimate of drug-likeness (QED) is 0.678. The van der Waals surface area contributed by atoms with Crippen molar-refractivity contribution >= 4 is 23.4 Å². The molecule has 2 aromatic rings. The Morgan fingerprint density at radius 1 is 1.37 bits per heavy atom. The molecule has 0 saturated carbocycles. The van der Waals surface area contributed by atoms with Crippen LogP contribution in [-0.4, -0.2) is 20.7 Å². The lowest BCUT2D eigenvalue weighted by atomic mass is 10.2. The van der Waals surface area contributed by atoms with E-state index in [2.05, 4.69) is 9.97 Å². The van der Waals surface area contributed by atoms with E-state index >= 15 is 0 Å². The van der Waals surface area contributed by atoms with Crippen molar-refractivity contribution in [2.24, 2.45) is 0 Å². The summed E-state index contributed by atoms with van der Waals surface area (Å²) < 4.78 is 38.4. The maximum atomic E-state index is 12.1. The minimum Gasteiger partial charge on any atom is -0.329 e. The topological polar surface area (TPSA) is 33.6 Å². The predicted octanol–water partition coefficient (Wildman–Crippen LogP) is 4.13. The van der Waals surface area contributed by atoms with Gasteiger partial charge in [0.05, 0.1) is 5.52 Å². The van der Waals surface area contributed by atoms with Crippen molar-refractivity contribution in [3.05, 3.63) is 22.6 Å². The highest BCUT2D eigenvalue weighted by Gasteiger charge is 2.25. The molecular formula is C12H14F3N3S. The fourth-order valence-electron chi connectivity index (χ4n) is 1.98. The Bertz CT molecular complexity index is 627. The number of hydrogen-bond donors (Lipinski definition) is 1. The average Bonchev–Trinajstić information content (AvgIpc) is 2.62. The minimum absolute atomic E-state index is 0.101. The molecule has 0 bridgehead atoms. The molecule has 0 saturated heterocycles. The second-order valence-corrected chi connectivity index (χ2v) is 4.87. The first kappa shape index (κ1) is 14.0. The summed E-state index contributed by atoms with van der Waals surface area (Å²) in [7, 11) is 0. The highest BCUT2D eigenvalue weighted by Crippen LogP contribution is 2.23. The number of aromatic amines is 1. The number of hydrogen-bond acceptors (Lipinski definition) is 2. The van der Waals surface area contributed by atoms with Crippen LogP contribution < -0.4 is 0 Å². The van der Waals surface area contributed by atoms with Crippen molar-refractivity contribution in [2.45, 2.75) is 38.9 Å². The first-order valence-electron chi connectivity index (χ1n) is 5.99. The van der Waals surface area contributed by atoms with Gasteiger partial charge in [0.15, 0.2) is 10.4 Å². The fraction of sp³-hybridized carbons (Fsp3) is 0.500. The maximum Gasteiger partial charge on any atom is 0.389 e. The lowest BCUT2D eigenvalue weighted by Crippen LogP contribution is -2.07. The van der Waals surface area contributed by atoms with Gasteiger partial charge in [0.1, 0.15) is 0 Å². The molecule has 0 unspecified atom stereocenters. The van der Waals surface area contributed by atoms with Crippen LogP contribution >= 0.6 is 12.2 Å². The van der Waals surface area contributed by atoms with E-state index < -0.39 is 12.6 Å². The Labute approximate surface area is 113 Å². The van der Waals surface area contributed by atoms with Crippen molar-refractivity contribution in [3.8, 4) is 0 Å². The van der Waals surface area contributed by atoms with Gasteiger partial charge in [-0.05, 0) is 43.6 Å². The number of nitrogens with one attached hydrogen (secondary N) is 1. The molecule has 0 amide bonds. The van der Waals surface area contributed by atoms with Crippen LogP contribution in [0.15, 0.2) is 12.3 Å². The van der Waals surface area contributed by atoms with Gasteiger partial charge in [-0.2, -0.15) is 13.2 Å². The van der Waals surface area contributed by atoms with Crippen molar-refractivity contribution in [3.63, 3.8) is 0 Å². The molecule has 104 valence electrons. The van der Waals surface area contributed by atoms with Crippen LogP contribution in [0.1, 0.15) is 24.8 Å². The fourth-order valence-corrected chi connectivity index (χ4v) is 2.26. The van der Waals surface area contributed by atoms with Gasteiger partial charge in [0.2, 0.25) is 0 Å². The normalized spacial score (nSPS) is 12.2. The number of imidazole rings is 1. The lowest BCUT2D eigenvalue weighted by molar-refractivity contribution is -0.135. The average molecular weight is 289 g/mol. The summed E-state index contributed by atoms with van der Waals surface area (Å²) in [6.07, 6.45) is -2.64. The summed E-state index contributed by atoms with van der Waals surface area (Å²) in [4.78, 5) is 7.28. The van der Waals surface area contributed by atoms with Crippen molar-refractivity contribution in [1.82, 2.24) is 14.5 Å². The van der Waals surface area contributed by atoms with Crippen molar-refractivity contribution in [2.75, 3.05) is 0 Å². The predicted molar refractivity (Wildman–Crippen MR) is 69.6 cm³/mol. The first-order chi connectivity index (χ1) is 8.88. The minimum atomic E-state index is -4.09. The summed E-state index contributed by atoms with van der Waals surface area (Å²) in [5, 5.41) is 0. The molecule has 2 heterocycles. The molecule has 0 spiro atoms. The molecule has 0 radical (unpaired) electrons. The van der Waals surface area contributed by atoms with Gasteiger partial charge in [-0.3, -0.25) is 0 Å². The second-order valence-electron chi connectivity index (χ2n) is 4.48. The Balaban J connectivity index is 2.11. The van der Waals surface area contributed by atoms with Crippen molar-refractivity contribution < 1.29 is 13.2 Å². The zero-order valence-corrected chi connectivity index (χ0v) is 11.2. The van der Waals surface area contributed by atoms with E-state index in [4.69, 9.17) is 12.2 Å². The monoisotopic (exact) mass is 289 g/mol. The molecule has 0 aliphatic rings. The Kier molecular flexibility index (Phi) is 3.93. The second kappa shape index (κ2) is 5.32. The Morgan fingerprint density at radius 3 is 2.79 bits per heavy atom. The number of H-pyrrole nitrogens is 1. The van der Waals surface area contributed by atoms with E-state index in [1.807, 2.05) is 13.0 Å². The third kappa shape index (κ3) is 3.34. The van der Waals surface area contributed by atoms with E-state index in [0.717, 1.165) is 11.1 Å². The number of fused-ring (bicyclic) bond motifs is 1. The largest absolute Gasteiger partial charge is 0.389 e. The van der Waals surface area contributed by atoms with Gasteiger partial charge < -0.3 is 9.55 Å². The number of nitrogens with zero attached hydrogens (tertiary/aromatic N) is 2. The summed E-state index contributed by atoms with van der Waals surface area (Å²) in [5.74, 6) is 0. The Hall–Kier alpha value is -1.37. The number of aryl methyl sites for hydroxylation is 2. The van der Waals surface area contributed by atoms with Crippen LogP contribution in [0, 0.1) is 11.7 Å². The number of pyridine rings is 1. The molecule has 0 aliphatic heterocycles. The molecule has 19 heavy (non-hydrogen) atoms. The number of halogens is 3. The van der Waals surface area contributed by atoms with Crippen molar-refractivity contribution in [1.29, 1.82) is 0 Å². The highest BCUT2D eigenvalue weighted by atomic mass is 32.1. The molecular weight excluding hydrogens is 275 g/mol. The molecule has 0 aliphatic carbocycles. The smallest absolute Gasteiger partial charge is 0.329 e. The molecule has 7 heteroatoms. The van der Waals surface area contributed by atoms with Gasteiger partial charge in [0, 0.05) is 19.2 Å². The number of rotatable bonds is 4. The molecule has 0 aromatic carbocycles. The molecule has 2 rings (SSSR count). The van der Waals surface area contributed by atoms with Crippen LogP contribution in [0.5, 0.6) is 0 Å². The zero-order chi connectivity index (χ0) is 14.0. The third-order valence-electron chi connectivity index (χ3n) is 2.96. The Morgan fingerprint density at radius 2 is 2.11 bits per heavy atom. The summed E-state index contributed by atoms with van der Waals surface area (Å²) in [5.41, 5.74) is 2.57. The van der Waals surface area contributed by atoms with E-state index in [1.54, 1.807) is 10.8 Å². The standard InChI is InChI=1S/C12H14F3N3S/c1-8-4-6-16-10-9(8)17-11(19)18(10)7-3-2-5-12(13,14)15/h4,6H,2-3,5,7H2,1H3,(H,17,19). The van der Waals surface area contributed by atoms with Gasteiger partial charge >= 0.3 is 6.18 Å². The van der Waals surface area contributed by atoms with Gasteiger partial charge in [-0.25, -0.2) is 4.98 Å². The van der Waals surface area contributed by atoms with Gasteiger partial charge in [0.25, 0.3) is 0 Å². The number of alkyl halides is 3. The third-order valence-corrected chi connectivity index (χ3v) is 3.29. The summed E-state index contributed by atoms with van der Waals surface area (Å²) in [6.45, 7) is 2.38. The van der Waals surface area contributed by atoms with Gasteiger partial charge in [-0.15, -0.1) is 0 Å². The van der Waals surface area contributed by atoms with Gasteiger partial charge in [-0.1, -0.05) is 0 Å². The molecule has 0 atom stereocenters. The summed E-state index contributed by atoms with van der Waals surface area (Å²) >= 11 is 5.18. The van der Waals surface area contributed by atoms with Crippen LogP contribution in [0.3, 0.4) is 0 Å².